The van der Waals surface area contributed by atoms with Gasteiger partial charge in [0.05, 0.1) is 32.2 Å². The van der Waals surface area contributed by atoms with E-state index >= 15 is 0 Å². The Bertz CT molecular complexity index is 830. The Hall–Kier alpha value is -2.38. The van der Waals surface area contributed by atoms with E-state index in [-0.39, 0.29) is 10.9 Å². The van der Waals surface area contributed by atoms with Crippen LogP contribution in [0, 0.1) is 0 Å². The van der Waals surface area contributed by atoms with Crippen LogP contribution in [0.25, 0.3) is 0 Å². The standard InChI is InChI=1S/C21H21O3S.AsF5/c1-22-16-4-10-19(11-5-16)25(20-12-6-17(23-2)7-13-20)21-14-8-18(24-3)9-15-21;2-1(3,4,5)6/h4-15H,1-3H3;/q+1;. The van der Waals surface area contributed by atoms with Crippen LogP contribution in [-0.4, -0.2) is 36.1 Å². The molecule has 3 rings (SSSR count). The molecule has 0 spiro atoms. The molecule has 31 heavy (non-hydrogen) atoms. The number of benzene rings is 3. The number of methoxy groups -OCH3 is 3. The first-order chi connectivity index (χ1) is 14.5. The van der Waals surface area contributed by atoms with Crippen molar-refractivity contribution in [3.63, 3.8) is 0 Å². The summed E-state index contributed by atoms with van der Waals surface area (Å²) in [4.78, 5) is 3.70. The zero-order chi connectivity index (χ0) is 23.1. The molecule has 0 heterocycles. The third-order valence-electron chi connectivity index (χ3n) is 3.89. The van der Waals surface area contributed by atoms with Crippen LogP contribution in [-0.2, 0) is 10.9 Å². The minimum atomic E-state index is -8.99. The van der Waals surface area contributed by atoms with Crippen LogP contribution in [0.5, 0.6) is 17.2 Å². The second-order valence-corrected chi connectivity index (χ2v) is 10.7. The van der Waals surface area contributed by atoms with E-state index in [0.717, 1.165) is 17.2 Å². The van der Waals surface area contributed by atoms with Crippen LogP contribution in [0.3, 0.4) is 0 Å². The van der Waals surface area contributed by atoms with E-state index in [1.165, 1.54) is 14.7 Å². The molecule has 0 radical (unpaired) electrons. The number of rotatable bonds is 6. The van der Waals surface area contributed by atoms with Crippen LogP contribution in [0.15, 0.2) is 87.5 Å². The predicted molar refractivity (Wildman–Crippen MR) is 112 cm³/mol. The van der Waals surface area contributed by atoms with Crippen molar-refractivity contribution in [2.45, 2.75) is 14.7 Å². The van der Waals surface area contributed by atoms with E-state index in [4.69, 9.17) is 14.2 Å². The van der Waals surface area contributed by atoms with Crippen molar-refractivity contribution in [3.8, 4) is 17.2 Å². The van der Waals surface area contributed by atoms with Gasteiger partial charge in [-0.05, 0) is 72.8 Å². The molecule has 0 amide bonds. The van der Waals surface area contributed by atoms with Gasteiger partial charge in [0.25, 0.3) is 0 Å². The quantitative estimate of drug-likeness (QED) is 0.209. The zero-order valence-corrected chi connectivity index (χ0v) is 19.6. The summed E-state index contributed by atoms with van der Waals surface area (Å²) in [5.41, 5.74) is 0. The first-order valence-electron chi connectivity index (χ1n) is 8.76. The van der Waals surface area contributed by atoms with Crippen LogP contribution < -0.4 is 14.2 Å². The molecule has 168 valence electrons. The van der Waals surface area contributed by atoms with E-state index in [1.54, 1.807) is 21.3 Å². The normalized spacial score (nSPS) is 12.2. The molecule has 0 atom stereocenters. The van der Waals surface area contributed by atoms with Crippen LogP contribution in [0.1, 0.15) is 0 Å². The number of hydrogen-bond acceptors (Lipinski definition) is 3. The van der Waals surface area contributed by atoms with Gasteiger partial charge in [0.1, 0.15) is 17.2 Å². The second kappa shape index (κ2) is 10.3. The maximum atomic E-state index is 9.89. The Morgan fingerprint density at radius 2 is 0.677 bits per heavy atom. The average Bonchev–Trinajstić information content (AvgIpc) is 2.74. The monoisotopic (exact) mass is 523 g/mol. The van der Waals surface area contributed by atoms with E-state index in [1.807, 2.05) is 36.4 Å². The number of ether oxygens (including phenoxy) is 3. The van der Waals surface area contributed by atoms with Crippen molar-refractivity contribution < 1.29 is 31.5 Å². The van der Waals surface area contributed by atoms with Gasteiger partial charge in [0.2, 0.25) is 0 Å². The summed E-state index contributed by atoms with van der Waals surface area (Å²) in [7, 11) is 4.83. The van der Waals surface area contributed by atoms with E-state index in [0.29, 0.717) is 0 Å². The molecule has 0 aliphatic carbocycles. The van der Waals surface area contributed by atoms with E-state index in [2.05, 4.69) is 36.4 Å². The van der Waals surface area contributed by atoms with Gasteiger partial charge >= 0.3 is 32.1 Å². The summed E-state index contributed by atoms with van der Waals surface area (Å²) in [6.45, 7) is 0. The zero-order valence-electron chi connectivity index (χ0n) is 16.9. The fourth-order valence-electron chi connectivity index (χ4n) is 2.54. The minimum absolute atomic E-state index is 0.212. The Kier molecular flexibility index (Phi) is 8.26. The molecule has 0 unspecified atom stereocenters. The third kappa shape index (κ3) is 8.71. The van der Waals surface area contributed by atoms with Crippen molar-refractivity contribution in [1.82, 2.24) is 0 Å². The molecule has 0 saturated heterocycles. The van der Waals surface area contributed by atoms with E-state index < -0.39 is 14.8 Å². The van der Waals surface area contributed by atoms with Crippen molar-refractivity contribution in [3.05, 3.63) is 72.8 Å². The van der Waals surface area contributed by atoms with Gasteiger partial charge in [-0.1, -0.05) is 0 Å². The van der Waals surface area contributed by atoms with Crippen LogP contribution >= 0.6 is 0 Å². The summed E-state index contributed by atoms with van der Waals surface area (Å²) < 4.78 is 65.3. The van der Waals surface area contributed by atoms with Gasteiger partial charge < -0.3 is 14.2 Å². The van der Waals surface area contributed by atoms with E-state index in [9.17, 15) is 17.3 Å². The Morgan fingerprint density at radius 1 is 0.484 bits per heavy atom. The molecule has 3 nitrogen and oxygen atoms in total. The summed E-state index contributed by atoms with van der Waals surface area (Å²) in [6, 6.07) is 24.7. The average molecular weight is 523 g/mol. The van der Waals surface area contributed by atoms with Gasteiger partial charge in [0, 0.05) is 0 Å². The topological polar surface area (TPSA) is 27.7 Å². The van der Waals surface area contributed by atoms with Crippen LogP contribution in [0.2, 0.25) is 0 Å². The molecule has 0 bridgehead atoms. The first-order valence-corrected chi connectivity index (χ1v) is 13.5. The van der Waals surface area contributed by atoms with Crippen molar-refractivity contribution in [2.24, 2.45) is 0 Å². The molecular formula is C21H21AsF5O3S+. The summed E-state index contributed by atoms with van der Waals surface area (Å²) >= 11 is -8.99. The predicted octanol–water partition coefficient (Wildman–Crippen LogP) is 6.53. The van der Waals surface area contributed by atoms with Crippen molar-refractivity contribution in [1.29, 1.82) is 0 Å². The fraction of sp³-hybridized carbons (Fsp3) is 0.143. The van der Waals surface area contributed by atoms with Gasteiger partial charge in [-0.3, -0.25) is 0 Å². The third-order valence-corrected chi connectivity index (χ3v) is 6.12. The van der Waals surface area contributed by atoms with Crippen LogP contribution in [0.4, 0.5) is 17.3 Å². The van der Waals surface area contributed by atoms with Gasteiger partial charge in [-0.15, -0.1) is 0 Å². The fourth-order valence-corrected chi connectivity index (χ4v) is 4.58. The summed E-state index contributed by atoms with van der Waals surface area (Å²) in [6.07, 6.45) is 0. The SMILES string of the molecule is COc1ccc([S+](c2ccc(OC)cc2)c2ccc(OC)cc2)cc1.F[As](F)(F)(F)F. The molecule has 0 aliphatic heterocycles. The first kappa shape index (κ1) is 24.9. The van der Waals surface area contributed by atoms with Gasteiger partial charge in [-0.25, -0.2) is 0 Å². The molecule has 0 fully saturated rings. The Labute approximate surface area is 183 Å². The molecule has 0 N–H and O–H groups in total. The molecular weight excluding hydrogens is 502 g/mol. The summed E-state index contributed by atoms with van der Waals surface area (Å²) in [5.74, 6) is 2.57. The molecule has 10 heteroatoms. The number of halogens is 5. The maximum absolute atomic E-state index is 9.89. The molecule has 3 aromatic carbocycles. The molecule has 0 aliphatic rings. The van der Waals surface area contributed by atoms with Crippen molar-refractivity contribution in [2.75, 3.05) is 21.3 Å². The molecule has 0 saturated carbocycles. The number of hydrogen-bond donors (Lipinski definition) is 0. The molecule has 0 aromatic heterocycles. The summed E-state index contributed by atoms with van der Waals surface area (Å²) in [5, 5.41) is 0. The van der Waals surface area contributed by atoms with Gasteiger partial charge in [0.15, 0.2) is 14.7 Å². The van der Waals surface area contributed by atoms with Gasteiger partial charge in [-0.2, -0.15) is 0 Å². The second-order valence-electron chi connectivity index (χ2n) is 5.97. The molecule has 3 aromatic rings. The Balaban J connectivity index is 0.000000501. The Morgan fingerprint density at radius 3 is 0.839 bits per heavy atom. The van der Waals surface area contributed by atoms with Crippen molar-refractivity contribution >= 4 is 25.7 Å².